The lowest BCUT2D eigenvalue weighted by molar-refractivity contribution is 0.208. The van der Waals surface area contributed by atoms with Crippen LogP contribution in [0, 0.1) is 0 Å². The molecule has 3 nitrogen and oxygen atoms in total. The molecule has 0 aromatic heterocycles. The van der Waals surface area contributed by atoms with Gasteiger partial charge in [-0.15, -0.1) is 0 Å². The van der Waals surface area contributed by atoms with E-state index in [0.717, 1.165) is 0 Å². The van der Waals surface area contributed by atoms with Crippen molar-refractivity contribution in [1.82, 2.24) is 10.2 Å². The normalized spacial score (nSPS) is 18.2. The second-order valence-corrected chi connectivity index (χ2v) is 7.56. The minimum atomic E-state index is 0.0903. The number of nitrogens with two attached hydrogens (primary N) is 1. The van der Waals surface area contributed by atoms with Gasteiger partial charge in [0, 0.05) is 12.4 Å². The summed E-state index contributed by atoms with van der Waals surface area (Å²) < 4.78 is 0. The van der Waals surface area contributed by atoms with E-state index in [1.807, 2.05) is 13.1 Å². The standard InChI is InChI=1S/C22H43N3/c1-3-4-5-6-7-8-9-10-11-12-13-14-15-16-17-18-22-24-19-20-25(22)21(2)23/h13-14,19-22,24H,3-12,15-18,23H2,1-2H3/b14-13+. The Labute approximate surface area is 157 Å². The van der Waals surface area contributed by atoms with Crippen molar-refractivity contribution in [3.8, 4) is 0 Å². The lowest BCUT2D eigenvalue weighted by atomic mass is 10.1. The molecular weight excluding hydrogens is 306 g/mol. The lowest BCUT2D eigenvalue weighted by Crippen LogP contribution is -2.44. The van der Waals surface area contributed by atoms with E-state index >= 15 is 0 Å². The van der Waals surface area contributed by atoms with E-state index in [4.69, 9.17) is 5.73 Å². The smallest absolute Gasteiger partial charge is 0.0995 e. The summed E-state index contributed by atoms with van der Waals surface area (Å²) in [6.45, 7) is 4.33. The molecule has 3 heteroatoms. The van der Waals surface area contributed by atoms with E-state index < -0.39 is 0 Å². The van der Waals surface area contributed by atoms with E-state index in [0.29, 0.717) is 6.17 Å². The number of hydrogen-bond donors (Lipinski definition) is 2. The highest BCUT2D eigenvalue weighted by molar-refractivity contribution is 4.95. The van der Waals surface area contributed by atoms with E-state index in [2.05, 4.69) is 35.5 Å². The van der Waals surface area contributed by atoms with Crippen molar-refractivity contribution in [3.05, 3.63) is 24.6 Å². The number of allylic oxidation sites excluding steroid dienone is 2. The van der Waals surface area contributed by atoms with Crippen LogP contribution in [0.5, 0.6) is 0 Å². The Balaban J connectivity index is 1.83. The molecule has 25 heavy (non-hydrogen) atoms. The minimum Gasteiger partial charge on any atom is -0.370 e. The second-order valence-electron chi connectivity index (χ2n) is 7.56. The summed E-state index contributed by atoms with van der Waals surface area (Å²) in [4.78, 5) is 2.21. The number of nitrogens with zero attached hydrogens (tertiary/aromatic N) is 1. The Kier molecular flexibility index (Phi) is 13.5. The van der Waals surface area contributed by atoms with Gasteiger partial charge in [-0.05, 0) is 45.4 Å². The van der Waals surface area contributed by atoms with Gasteiger partial charge in [-0.25, -0.2) is 0 Å². The lowest BCUT2D eigenvalue weighted by Gasteiger charge is -2.28. The summed E-state index contributed by atoms with van der Waals surface area (Å²) in [7, 11) is 0. The van der Waals surface area contributed by atoms with Crippen molar-refractivity contribution in [1.29, 1.82) is 0 Å². The number of unbranched alkanes of at least 4 members (excludes halogenated alkanes) is 11. The van der Waals surface area contributed by atoms with Gasteiger partial charge in [0.05, 0.1) is 12.3 Å². The predicted molar refractivity (Wildman–Crippen MR) is 111 cm³/mol. The maximum absolute atomic E-state index is 5.97. The van der Waals surface area contributed by atoms with E-state index in [9.17, 15) is 0 Å². The fraction of sp³-hybridized carbons (Fsp3) is 0.818. The Hall–Kier alpha value is -0.960. The monoisotopic (exact) mass is 349 g/mol. The molecule has 2 unspecified atom stereocenters. The average Bonchev–Trinajstić information content (AvgIpc) is 3.07. The van der Waals surface area contributed by atoms with Crippen molar-refractivity contribution in [2.45, 2.75) is 116 Å². The van der Waals surface area contributed by atoms with Crippen LogP contribution in [0.25, 0.3) is 0 Å². The Morgan fingerprint density at radius 1 is 0.920 bits per heavy atom. The molecule has 0 saturated heterocycles. The van der Waals surface area contributed by atoms with Crippen LogP contribution in [-0.4, -0.2) is 17.2 Å². The third kappa shape index (κ3) is 11.3. The molecule has 0 saturated carbocycles. The van der Waals surface area contributed by atoms with Crippen LogP contribution in [0.1, 0.15) is 104 Å². The average molecular weight is 350 g/mol. The third-order valence-electron chi connectivity index (χ3n) is 5.10. The number of hydrogen-bond acceptors (Lipinski definition) is 3. The van der Waals surface area contributed by atoms with Crippen LogP contribution in [0.15, 0.2) is 24.6 Å². The molecular formula is C22H43N3. The Morgan fingerprint density at radius 2 is 1.48 bits per heavy atom. The molecule has 0 bridgehead atoms. The van der Waals surface area contributed by atoms with Gasteiger partial charge in [0.25, 0.3) is 0 Å². The van der Waals surface area contributed by atoms with Gasteiger partial charge in [-0.3, -0.25) is 0 Å². The van der Waals surface area contributed by atoms with Gasteiger partial charge in [0.1, 0.15) is 0 Å². The first-order chi connectivity index (χ1) is 12.3. The summed E-state index contributed by atoms with van der Waals surface area (Å²) in [5, 5.41) is 3.38. The van der Waals surface area contributed by atoms with Crippen LogP contribution < -0.4 is 11.1 Å². The second kappa shape index (κ2) is 15.3. The largest absolute Gasteiger partial charge is 0.370 e. The van der Waals surface area contributed by atoms with E-state index in [-0.39, 0.29) is 6.17 Å². The predicted octanol–water partition coefficient (Wildman–Crippen LogP) is 6.03. The van der Waals surface area contributed by atoms with Gasteiger partial charge in [-0.1, -0.05) is 70.4 Å². The van der Waals surface area contributed by atoms with Crippen molar-refractivity contribution in [2.75, 3.05) is 0 Å². The molecule has 0 aliphatic carbocycles. The first-order valence-corrected chi connectivity index (χ1v) is 10.9. The summed E-state index contributed by atoms with van der Waals surface area (Å²) in [6.07, 6.45) is 28.3. The van der Waals surface area contributed by atoms with Gasteiger partial charge in [0.2, 0.25) is 0 Å². The molecule has 1 aliphatic heterocycles. The molecule has 0 aromatic rings. The fourth-order valence-corrected chi connectivity index (χ4v) is 3.49. The van der Waals surface area contributed by atoms with Crippen LogP contribution >= 0.6 is 0 Å². The highest BCUT2D eigenvalue weighted by Gasteiger charge is 2.20. The van der Waals surface area contributed by atoms with Crippen LogP contribution in [0.2, 0.25) is 0 Å². The number of nitrogens with one attached hydrogen (secondary N) is 1. The maximum Gasteiger partial charge on any atom is 0.0995 e. The summed E-state index contributed by atoms with van der Waals surface area (Å²) in [5.74, 6) is 0. The summed E-state index contributed by atoms with van der Waals surface area (Å²) in [5.41, 5.74) is 5.97. The first kappa shape index (κ1) is 22.1. The fourth-order valence-electron chi connectivity index (χ4n) is 3.49. The summed E-state index contributed by atoms with van der Waals surface area (Å²) in [6, 6.07) is 0. The molecule has 1 heterocycles. The zero-order valence-corrected chi connectivity index (χ0v) is 16.9. The van der Waals surface area contributed by atoms with Gasteiger partial charge < -0.3 is 16.0 Å². The van der Waals surface area contributed by atoms with Crippen molar-refractivity contribution < 1.29 is 0 Å². The highest BCUT2D eigenvalue weighted by atomic mass is 15.3. The topological polar surface area (TPSA) is 41.3 Å². The quantitative estimate of drug-likeness (QED) is 0.264. The molecule has 0 fully saturated rings. The molecule has 1 rings (SSSR count). The Morgan fingerprint density at radius 3 is 2.08 bits per heavy atom. The minimum absolute atomic E-state index is 0.0903. The molecule has 1 aliphatic rings. The SMILES string of the molecule is CCCCCCCCCCC/C=C/CCCCC1NC=CN1C(C)N. The maximum atomic E-state index is 5.97. The van der Waals surface area contributed by atoms with Gasteiger partial charge >= 0.3 is 0 Å². The molecule has 3 N–H and O–H groups in total. The zero-order chi connectivity index (χ0) is 18.2. The van der Waals surface area contributed by atoms with Crippen LogP contribution in [-0.2, 0) is 0 Å². The van der Waals surface area contributed by atoms with Crippen molar-refractivity contribution in [2.24, 2.45) is 5.73 Å². The van der Waals surface area contributed by atoms with Gasteiger partial charge in [-0.2, -0.15) is 0 Å². The highest BCUT2D eigenvalue weighted by Crippen LogP contribution is 2.14. The molecule has 146 valence electrons. The van der Waals surface area contributed by atoms with Gasteiger partial charge in [0.15, 0.2) is 0 Å². The first-order valence-electron chi connectivity index (χ1n) is 10.9. The zero-order valence-electron chi connectivity index (χ0n) is 16.9. The third-order valence-corrected chi connectivity index (χ3v) is 5.10. The molecule has 2 atom stereocenters. The van der Waals surface area contributed by atoms with E-state index in [1.165, 1.54) is 89.9 Å². The molecule has 0 spiro atoms. The number of rotatable bonds is 16. The Bertz CT molecular complexity index is 349. The summed E-state index contributed by atoms with van der Waals surface area (Å²) >= 11 is 0. The van der Waals surface area contributed by atoms with Crippen LogP contribution in [0.3, 0.4) is 0 Å². The van der Waals surface area contributed by atoms with Crippen molar-refractivity contribution >= 4 is 0 Å². The van der Waals surface area contributed by atoms with Crippen molar-refractivity contribution in [3.63, 3.8) is 0 Å². The van der Waals surface area contributed by atoms with Crippen LogP contribution in [0.4, 0.5) is 0 Å². The van der Waals surface area contributed by atoms with E-state index in [1.54, 1.807) is 0 Å². The molecule has 0 amide bonds. The molecule has 0 aromatic carbocycles. The molecule has 0 radical (unpaired) electrons.